The predicted molar refractivity (Wildman–Crippen MR) is 84.4 cm³/mol. The molecule has 0 atom stereocenters. The normalized spacial score (nSPS) is 15.7. The third-order valence-corrected chi connectivity index (χ3v) is 3.92. The number of carbonyl (C=O) groups excluding carboxylic acids is 1. The number of hydrogen-bond acceptors (Lipinski definition) is 4. The van der Waals surface area contributed by atoms with Crippen LogP contribution in [-0.4, -0.2) is 28.5 Å². The van der Waals surface area contributed by atoms with Gasteiger partial charge in [0.1, 0.15) is 0 Å². The standard InChI is InChI=1S/C16H26N4O/c1-2-3-7-10-17-15(21)13-11-18-16(19-12-13)20-14-8-5-4-6-9-14/h11-12,14H,2-10H2,1H3,(H,17,21)(H,18,19,20). The monoisotopic (exact) mass is 290 g/mol. The summed E-state index contributed by atoms with van der Waals surface area (Å²) in [6, 6.07) is 0.479. The Bertz CT molecular complexity index is 426. The number of aromatic nitrogens is 2. The van der Waals surface area contributed by atoms with E-state index in [-0.39, 0.29) is 5.91 Å². The van der Waals surface area contributed by atoms with E-state index in [1.54, 1.807) is 12.4 Å². The van der Waals surface area contributed by atoms with Crippen molar-refractivity contribution in [3.63, 3.8) is 0 Å². The van der Waals surface area contributed by atoms with Crippen molar-refractivity contribution in [3.05, 3.63) is 18.0 Å². The van der Waals surface area contributed by atoms with Crippen LogP contribution in [0.4, 0.5) is 5.95 Å². The summed E-state index contributed by atoms with van der Waals surface area (Å²) in [5.41, 5.74) is 0.528. The minimum absolute atomic E-state index is 0.0877. The molecule has 21 heavy (non-hydrogen) atoms. The van der Waals surface area contributed by atoms with Crippen LogP contribution in [0.25, 0.3) is 0 Å². The van der Waals surface area contributed by atoms with Crippen LogP contribution < -0.4 is 10.6 Å². The summed E-state index contributed by atoms with van der Waals surface area (Å²) < 4.78 is 0. The van der Waals surface area contributed by atoms with Crippen molar-refractivity contribution in [3.8, 4) is 0 Å². The van der Waals surface area contributed by atoms with Gasteiger partial charge in [0.2, 0.25) is 5.95 Å². The minimum Gasteiger partial charge on any atom is -0.352 e. The van der Waals surface area contributed by atoms with E-state index < -0.39 is 0 Å². The summed E-state index contributed by atoms with van der Waals surface area (Å²) in [5.74, 6) is 0.541. The molecule has 5 nitrogen and oxygen atoms in total. The van der Waals surface area contributed by atoms with Gasteiger partial charge >= 0.3 is 0 Å². The van der Waals surface area contributed by atoms with Gasteiger partial charge in [0, 0.05) is 25.0 Å². The lowest BCUT2D eigenvalue weighted by atomic mass is 9.96. The Morgan fingerprint density at radius 3 is 2.57 bits per heavy atom. The summed E-state index contributed by atoms with van der Waals surface area (Å²) in [4.78, 5) is 20.4. The molecule has 1 saturated carbocycles. The smallest absolute Gasteiger partial charge is 0.254 e. The number of anilines is 1. The highest BCUT2D eigenvalue weighted by Crippen LogP contribution is 2.19. The molecule has 0 bridgehead atoms. The highest BCUT2D eigenvalue weighted by Gasteiger charge is 2.14. The van der Waals surface area contributed by atoms with Crippen molar-refractivity contribution < 1.29 is 4.79 Å². The number of unbranched alkanes of at least 4 members (excludes halogenated alkanes) is 2. The molecule has 0 unspecified atom stereocenters. The molecular weight excluding hydrogens is 264 g/mol. The number of rotatable bonds is 7. The summed E-state index contributed by atoms with van der Waals surface area (Å²) in [6.07, 6.45) is 12.8. The first-order valence-electron chi connectivity index (χ1n) is 8.16. The van der Waals surface area contributed by atoms with E-state index in [1.807, 2.05) is 0 Å². The minimum atomic E-state index is -0.0877. The van der Waals surface area contributed by atoms with Crippen molar-refractivity contribution in [2.45, 2.75) is 64.3 Å². The van der Waals surface area contributed by atoms with E-state index in [0.717, 1.165) is 25.8 Å². The zero-order chi connectivity index (χ0) is 14.9. The van der Waals surface area contributed by atoms with E-state index in [0.29, 0.717) is 17.6 Å². The zero-order valence-corrected chi connectivity index (χ0v) is 12.9. The first kappa shape index (κ1) is 15.7. The number of nitrogens with zero attached hydrogens (tertiary/aromatic N) is 2. The summed E-state index contributed by atoms with van der Waals surface area (Å²) in [6.45, 7) is 2.86. The number of nitrogens with one attached hydrogen (secondary N) is 2. The van der Waals surface area contributed by atoms with Crippen LogP contribution in [0.1, 0.15) is 68.6 Å². The van der Waals surface area contributed by atoms with Crippen LogP contribution >= 0.6 is 0 Å². The van der Waals surface area contributed by atoms with Gasteiger partial charge in [-0.3, -0.25) is 4.79 Å². The number of amides is 1. The van der Waals surface area contributed by atoms with E-state index in [2.05, 4.69) is 27.5 Å². The molecule has 0 saturated heterocycles. The Kier molecular flexibility index (Phi) is 6.44. The molecule has 116 valence electrons. The second-order valence-electron chi connectivity index (χ2n) is 5.74. The quantitative estimate of drug-likeness (QED) is 0.757. The third kappa shape index (κ3) is 5.33. The molecule has 1 amide bonds. The Labute approximate surface area is 127 Å². The lowest BCUT2D eigenvalue weighted by molar-refractivity contribution is 0.0952. The average Bonchev–Trinajstić information content (AvgIpc) is 2.53. The molecule has 2 rings (SSSR count). The second-order valence-corrected chi connectivity index (χ2v) is 5.74. The molecule has 1 aliphatic carbocycles. The van der Waals surface area contributed by atoms with Gasteiger partial charge < -0.3 is 10.6 Å². The molecule has 0 aromatic carbocycles. The van der Waals surface area contributed by atoms with Crippen LogP contribution in [0.5, 0.6) is 0 Å². The molecule has 0 aliphatic heterocycles. The lowest BCUT2D eigenvalue weighted by Crippen LogP contribution is -2.26. The second kappa shape index (κ2) is 8.60. The Morgan fingerprint density at radius 2 is 1.90 bits per heavy atom. The van der Waals surface area contributed by atoms with Crippen LogP contribution in [0.3, 0.4) is 0 Å². The van der Waals surface area contributed by atoms with Gasteiger partial charge in [0.25, 0.3) is 5.91 Å². The SMILES string of the molecule is CCCCCNC(=O)c1cnc(NC2CCCCC2)nc1. The van der Waals surface area contributed by atoms with Crippen molar-refractivity contribution >= 4 is 11.9 Å². The van der Waals surface area contributed by atoms with Gasteiger partial charge in [-0.15, -0.1) is 0 Å². The fraction of sp³-hybridized carbons (Fsp3) is 0.688. The maximum Gasteiger partial charge on any atom is 0.254 e. The molecule has 2 N–H and O–H groups in total. The highest BCUT2D eigenvalue weighted by molar-refractivity contribution is 5.93. The van der Waals surface area contributed by atoms with Gasteiger partial charge in [-0.05, 0) is 19.3 Å². The Morgan fingerprint density at radius 1 is 1.19 bits per heavy atom. The van der Waals surface area contributed by atoms with E-state index in [4.69, 9.17) is 0 Å². The maximum absolute atomic E-state index is 11.9. The average molecular weight is 290 g/mol. The van der Waals surface area contributed by atoms with Gasteiger partial charge in [-0.2, -0.15) is 0 Å². The highest BCUT2D eigenvalue weighted by atomic mass is 16.1. The fourth-order valence-corrected chi connectivity index (χ4v) is 2.63. The van der Waals surface area contributed by atoms with Crippen molar-refractivity contribution in [2.75, 3.05) is 11.9 Å². The Hall–Kier alpha value is -1.65. The Balaban J connectivity index is 1.79. The number of hydrogen-bond donors (Lipinski definition) is 2. The molecule has 5 heteroatoms. The summed E-state index contributed by atoms with van der Waals surface area (Å²) in [5, 5.41) is 6.25. The number of carbonyl (C=O) groups is 1. The third-order valence-electron chi connectivity index (χ3n) is 3.92. The van der Waals surface area contributed by atoms with Crippen LogP contribution in [-0.2, 0) is 0 Å². The summed E-state index contributed by atoms with van der Waals surface area (Å²) >= 11 is 0. The summed E-state index contributed by atoms with van der Waals surface area (Å²) in [7, 11) is 0. The van der Waals surface area contributed by atoms with E-state index in [1.165, 1.54) is 32.1 Å². The van der Waals surface area contributed by atoms with Crippen molar-refractivity contribution in [1.29, 1.82) is 0 Å². The van der Waals surface area contributed by atoms with Gasteiger partial charge in [0.05, 0.1) is 5.56 Å². The molecule has 0 radical (unpaired) electrons. The predicted octanol–water partition coefficient (Wildman–Crippen LogP) is 3.14. The zero-order valence-electron chi connectivity index (χ0n) is 12.9. The van der Waals surface area contributed by atoms with Gasteiger partial charge in [-0.1, -0.05) is 39.0 Å². The van der Waals surface area contributed by atoms with Gasteiger partial charge in [-0.25, -0.2) is 9.97 Å². The van der Waals surface area contributed by atoms with Crippen molar-refractivity contribution in [1.82, 2.24) is 15.3 Å². The lowest BCUT2D eigenvalue weighted by Gasteiger charge is -2.22. The molecule has 1 fully saturated rings. The molecule has 0 spiro atoms. The largest absolute Gasteiger partial charge is 0.352 e. The van der Waals surface area contributed by atoms with Crippen LogP contribution in [0.15, 0.2) is 12.4 Å². The molecular formula is C16H26N4O. The molecule has 1 aliphatic rings. The fourth-order valence-electron chi connectivity index (χ4n) is 2.63. The first-order chi connectivity index (χ1) is 10.3. The topological polar surface area (TPSA) is 66.9 Å². The molecule has 1 aromatic rings. The maximum atomic E-state index is 11.9. The van der Waals surface area contributed by atoms with E-state index in [9.17, 15) is 4.79 Å². The van der Waals surface area contributed by atoms with E-state index >= 15 is 0 Å². The first-order valence-corrected chi connectivity index (χ1v) is 8.16. The molecule has 1 heterocycles. The van der Waals surface area contributed by atoms with Gasteiger partial charge in [0.15, 0.2) is 0 Å². The van der Waals surface area contributed by atoms with Crippen LogP contribution in [0.2, 0.25) is 0 Å². The molecule has 1 aromatic heterocycles. The van der Waals surface area contributed by atoms with Crippen molar-refractivity contribution in [2.24, 2.45) is 0 Å². The van der Waals surface area contributed by atoms with Crippen LogP contribution in [0, 0.1) is 0 Å².